The Balaban J connectivity index is 1.59. The van der Waals surface area contributed by atoms with Crippen LogP contribution < -0.4 is 15.4 Å². The van der Waals surface area contributed by atoms with E-state index < -0.39 is 0 Å². The zero-order valence-electron chi connectivity index (χ0n) is 11.4. The van der Waals surface area contributed by atoms with Crippen molar-refractivity contribution in [3.8, 4) is 5.75 Å². The van der Waals surface area contributed by atoms with Crippen LogP contribution in [0.25, 0.3) is 0 Å². The number of fused-ring (bicyclic) bond motifs is 1. The third kappa shape index (κ3) is 3.54. The lowest BCUT2D eigenvalue weighted by atomic mass is 10.1. The minimum absolute atomic E-state index is 0.0845. The van der Waals surface area contributed by atoms with Crippen LogP contribution in [-0.2, 0) is 17.9 Å². The summed E-state index contributed by atoms with van der Waals surface area (Å²) in [5.41, 5.74) is 3.00. The molecule has 1 heterocycles. The first-order chi connectivity index (χ1) is 10.2. The van der Waals surface area contributed by atoms with Crippen molar-refractivity contribution in [2.24, 2.45) is 0 Å². The number of carbonyl (C=O) groups is 1. The van der Waals surface area contributed by atoms with Crippen LogP contribution in [0, 0.1) is 0 Å². The van der Waals surface area contributed by atoms with Gasteiger partial charge in [0.1, 0.15) is 5.75 Å². The lowest BCUT2D eigenvalue weighted by molar-refractivity contribution is -0.118. The normalized spacial score (nSPS) is 13.3. The zero-order chi connectivity index (χ0) is 14.7. The lowest BCUT2D eigenvalue weighted by Gasteiger charge is -2.18. The van der Waals surface area contributed by atoms with Gasteiger partial charge in [0, 0.05) is 18.1 Å². The fraction of sp³-hybridized carbons (Fsp3) is 0.188. The van der Waals surface area contributed by atoms with Gasteiger partial charge in [-0.1, -0.05) is 29.8 Å². The second kappa shape index (κ2) is 6.16. The largest absolute Gasteiger partial charge is 0.482 e. The summed E-state index contributed by atoms with van der Waals surface area (Å²) in [6.45, 7) is 1.56. The van der Waals surface area contributed by atoms with Crippen molar-refractivity contribution in [3.05, 3.63) is 58.6 Å². The molecule has 21 heavy (non-hydrogen) atoms. The van der Waals surface area contributed by atoms with E-state index in [0.29, 0.717) is 6.54 Å². The summed E-state index contributed by atoms with van der Waals surface area (Å²) in [6, 6.07) is 13.6. The summed E-state index contributed by atoms with van der Waals surface area (Å²) in [4.78, 5) is 11.3. The minimum Gasteiger partial charge on any atom is -0.482 e. The first-order valence-electron chi connectivity index (χ1n) is 6.71. The van der Waals surface area contributed by atoms with Gasteiger partial charge in [-0.2, -0.15) is 0 Å². The lowest BCUT2D eigenvalue weighted by Crippen LogP contribution is -2.25. The van der Waals surface area contributed by atoms with E-state index in [0.717, 1.165) is 28.6 Å². The van der Waals surface area contributed by atoms with Crippen LogP contribution in [0.5, 0.6) is 5.75 Å². The molecule has 0 aliphatic carbocycles. The summed E-state index contributed by atoms with van der Waals surface area (Å²) < 4.78 is 5.33. The maximum atomic E-state index is 11.3. The van der Waals surface area contributed by atoms with E-state index in [1.165, 1.54) is 5.56 Å². The van der Waals surface area contributed by atoms with Crippen LogP contribution in [0.1, 0.15) is 11.1 Å². The number of ether oxygens (including phenoxy) is 1. The molecular formula is C16H15ClN2O2. The highest BCUT2D eigenvalue weighted by molar-refractivity contribution is 6.30. The molecule has 0 spiro atoms. The van der Waals surface area contributed by atoms with Crippen LogP contribution >= 0.6 is 11.6 Å². The van der Waals surface area contributed by atoms with Gasteiger partial charge in [-0.05, 0) is 35.4 Å². The Kier molecular flexibility index (Phi) is 4.08. The first kappa shape index (κ1) is 13.9. The topological polar surface area (TPSA) is 50.4 Å². The average Bonchev–Trinajstić information content (AvgIpc) is 2.49. The van der Waals surface area contributed by atoms with Gasteiger partial charge in [0.15, 0.2) is 6.61 Å². The molecule has 0 atom stereocenters. The van der Waals surface area contributed by atoms with Crippen LogP contribution in [-0.4, -0.2) is 12.5 Å². The predicted octanol–water partition coefficient (Wildman–Crippen LogP) is 2.96. The van der Waals surface area contributed by atoms with E-state index in [2.05, 4.69) is 10.6 Å². The molecule has 2 aromatic rings. The van der Waals surface area contributed by atoms with Crippen LogP contribution in [0.3, 0.4) is 0 Å². The average molecular weight is 303 g/mol. The third-order valence-electron chi connectivity index (χ3n) is 3.25. The summed E-state index contributed by atoms with van der Waals surface area (Å²) in [6.07, 6.45) is 0. The number of hydrogen-bond donors (Lipinski definition) is 2. The monoisotopic (exact) mass is 302 g/mol. The fourth-order valence-electron chi connectivity index (χ4n) is 2.19. The van der Waals surface area contributed by atoms with E-state index in [-0.39, 0.29) is 12.5 Å². The van der Waals surface area contributed by atoms with E-state index in [1.54, 1.807) is 0 Å². The first-order valence-corrected chi connectivity index (χ1v) is 7.09. The van der Waals surface area contributed by atoms with Gasteiger partial charge in [-0.3, -0.25) is 4.79 Å². The second-order valence-corrected chi connectivity index (χ2v) is 5.33. The maximum absolute atomic E-state index is 11.3. The number of halogens is 1. The van der Waals surface area contributed by atoms with Gasteiger partial charge in [0.2, 0.25) is 0 Å². The number of anilines is 1. The van der Waals surface area contributed by atoms with Gasteiger partial charge in [0.25, 0.3) is 5.91 Å². The van der Waals surface area contributed by atoms with Crippen LogP contribution in [0.15, 0.2) is 42.5 Å². The van der Waals surface area contributed by atoms with Crippen molar-refractivity contribution in [1.29, 1.82) is 0 Å². The molecule has 2 aromatic carbocycles. The van der Waals surface area contributed by atoms with E-state index in [1.807, 2.05) is 42.5 Å². The molecule has 0 radical (unpaired) electrons. The maximum Gasteiger partial charge on any atom is 0.262 e. The van der Waals surface area contributed by atoms with E-state index in [4.69, 9.17) is 16.3 Å². The highest BCUT2D eigenvalue weighted by Gasteiger charge is 2.15. The van der Waals surface area contributed by atoms with Gasteiger partial charge >= 0.3 is 0 Å². The molecule has 1 amide bonds. The summed E-state index contributed by atoms with van der Waals surface area (Å²) in [5.74, 6) is 0.602. The van der Waals surface area contributed by atoms with Crippen molar-refractivity contribution in [2.45, 2.75) is 13.1 Å². The molecule has 0 bridgehead atoms. The zero-order valence-corrected chi connectivity index (χ0v) is 12.1. The molecule has 108 valence electrons. The summed E-state index contributed by atoms with van der Waals surface area (Å²) in [7, 11) is 0. The molecular weight excluding hydrogens is 288 g/mol. The Labute approximate surface area is 128 Å². The quantitative estimate of drug-likeness (QED) is 0.913. The molecule has 1 aliphatic rings. The molecule has 0 saturated heterocycles. The number of hydrogen-bond acceptors (Lipinski definition) is 3. The third-order valence-corrected chi connectivity index (χ3v) is 3.50. The van der Waals surface area contributed by atoms with E-state index >= 15 is 0 Å². The Morgan fingerprint density at radius 2 is 1.81 bits per heavy atom. The van der Waals surface area contributed by atoms with Crippen molar-refractivity contribution >= 4 is 23.2 Å². The van der Waals surface area contributed by atoms with Crippen LogP contribution in [0.2, 0.25) is 5.02 Å². The Bertz CT molecular complexity index is 656. The Morgan fingerprint density at radius 1 is 1.10 bits per heavy atom. The Morgan fingerprint density at radius 3 is 2.62 bits per heavy atom. The number of carbonyl (C=O) groups excluding carboxylic acids is 1. The van der Waals surface area contributed by atoms with E-state index in [9.17, 15) is 4.79 Å². The van der Waals surface area contributed by atoms with Crippen molar-refractivity contribution in [1.82, 2.24) is 5.32 Å². The van der Waals surface area contributed by atoms with Gasteiger partial charge in [-0.15, -0.1) is 0 Å². The van der Waals surface area contributed by atoms with Crippen LogP contribution in [0.4, 0.5) is 5.69 Å². The molecule has 3 rings (SSSR count). The standard InChI is InChI=1S/C16H15ClN2O2/c17-13-4-1-11(2-5-13)8-18-9-12-3-6-15-14(7-12)19-16(20)10-21-15/h1-7,18H,8-10H2,(H,19,20). The summed E-state index contributed by atoms with van der Waals surface area (Å²) in [5, 5.41) is 6.91. The molecule has 2 N–H and O–H groups in total. The molecule has 0 unspecified atom stereocenters. The summed E-state index contributed by atoms with van der Waals surface area (Å²) >= 11 is 5.85. The van der Waals surface area contributed by atoms with Gasteiger partial charge in [-0.25, -0.2) is 0 Å². The molecule has 0 saturated carbocycles. The molecule has 0 fully saturated rings. The number of rotatable bonds is 4. The molecule has 5 heteroatoms. The SMILES string of the molecule is O=C1COc2ccc(CNCc3ccc(Cl)cc3)cc2N1. The van der Waals surface area contributed by atoms with Crippen molar-refractivity contribution < 1.29 is 9.53 Å². The highest BCUT2D eigenvalue weighted by Crippen LogP contribution is 2.28. The number of amides is 1. The predicted molar refractivity (Wildman–Crippen MR) is 82.6 cm³/mol. The number of benzene rings is 2. The van der Waals surface area contributed by atoms with Crippen molar-refractivity contribution in [3.63, 3.8) is 0 Å². The second-order valence-electron chi connectivity index (χ2n) is 4.90. The molecule has 4 nitrogen and oxygen atoms in total. The van der Waals surface area contributed by atoms with Gasteiger partial charge in [0.05, 0.1) is 5.69 Å². The highest BCUT2D eigenvalue weighted by atomic mass is 35.5. The van der Waals surface area contributed by atoms with Gasteiger partial charge < -0.3 is 15.4 Å². The molecule has 1 aliphatic heterocycles. The fourth-order valence-corrected chi connectivity index (χ4v) is 2.32. The Hall–Kier alpha value is -2.04. The minimum atomic E-state index is -0.117. The molecule has 0 aromatic heterocycles. The number of nitrogens with one attached hydrogen (secondary N) is 2. The van der Waals surface area contributed by atoms with Crippen molar-refractivity contribution in [2.75, 3.05) is 11.9 Å². The smallest absolute Gasteiger partial charge is 0.262 e.